The second kappa shape index (κ2) is 5.89. The fraction of sp³-hybridized carbons (Fsp3) is 0.538. The number of hydrogen-bond donors (Lipinski definition) is 1. The van der Waals surface area contributed by atoms with Crippen LogP contribution in [0, 0.1) is 5.92 Å². The Morgan fingerprint density at radius 1 is 1.56 bits per heavy atom. The molecule has 0 aliphatic heterocycles. The van der Waals surface area contributed by atoms with E-state index in [4.69, 9.17) is 23.2 Å². The van der Waals surface area contributed by atoms with E-state index in [9.17, 15) is 4.79 Å². The van der Waals surface area contributed by atoms with Crippen molar-refractivity contribution >= 4 is 29.1 Å². The van der Waals surface area contributed by atoms with Crippen molar-refractivity contribution in [3.63, 3.8) is 0 Å². The van der Waals surface area contributed by atoms with Gasteiger partial charge in [0.05, 0.1) is 10.6 Å². The minimum Gasteiger partial charge on any atom is -0.349 e. The van der Waals surface area contributed by atoms with E-state index >= 15 is 0 Å². The van der Waals surface area contributed by atoms with Crippen molar-refractivity contribution in [3.05, 3.63) is 28.0 Å². The number of halogens is 2. The van der Waals surface area contributed by atoms with E-state index in [0.29, 0.717) is 10.6 Å². The molecule has 1 fully saturated rings. The number of carbonyl (C=O) groups excluding carboxylic acids is 1. The van der Waals surface area contributed by atoms with Crippen molar-refractivity contribution in [1.29, 1.82) is 0 Å². The fourth-order valence-corrected chi connectivity index (χ4v) is 2.17. The van der Waals surface area contributed by atoms with Crippen molar-refractivity contribution in [2.24, 2.45) is 5.92 Å². The van der Waals surface area contributed by atoms with Crippen LogP contribution in [0.1, 0.15) is 43.0 Å². The molecule has 1 aromatic heterocycles. The van der Waals surface area contributed by atoms with Crippen LogP contribution in [-0.4, -0.2) is 16.9 Å². The summed E-state index contributed by atoms with van der Waals surface area (Å²) in [5, 5.41) is 3.55. The number of aromatic nitrogens is 1. The summed E-state index contributed by atoms with van der Waals surface area (Å²) in [6.07, 6.45) is 6.04. The van der Waals surface area contributed by atoms with Gasteiger partial charge in [-0.05, 0) is 24.8 Å². The van der Waals surface area contributed by atoms with Gasteiger partial charge in [0.25, 0.3) is 5.91 Å². The number of pyridine rings is 1. The van der Waals surface area contributed by atoms with Gasteiger partial charge in [-0.25, -0.2) is 4.98 Å². The minimum atomic E-state index is -0.131. The third-order valence-corrected chi connectivity index (χ3v) is 3.89. The first-order valence-corrected chi connectivity index (χ1v) is 6.97. The average Bonchev–Trinajstić information content (AvgIpc) is 3.15. The lowest BCUT2D eigenvalue weighted by Gasteiger charge is -2.16. The molecule has 1 amide bonds. The number of nitrogens with one attached hydrogen (secondary N) is 1. The first kappa shape index (κ1) is 13.6. The van der Waals surface area contributed by atoms with Crippen molar-refractivity contribution in [2.75, 3.05) is 0 Å². The van der Waals surface area contributed by atoms with Crippen molar-refractivity contribution in [1.82, 2.24) is 10.3 Å². The van der Waals surface area contributed by atoms with Gasteiger partial charge in [-0.2, -0.15) is 0 Å². The second-order valence-electron chi connectivity index (χ2n) is 4.75. The van der Waals surface area contributed by atoms with Crippen molar-refractivity contribution in [3.8, 4) is 0 Å². The number of rotatable bonds is 5. The fourth-order valence-electron chi connectivity index (χ4n) is 1.90. The van der Waals surface area contributed by atoms with Crippen LogP contribution in [0.3, 0.4) is 0 Å². The van der Waals surface area contributed by atoms with E-state index in [0.717, 1.165) is 18.8 Å². The van der Waals surface area contributed by atoms with Gasteiger partial charge < -0.3 is 5.32 Å². The number of carbonyl (C=O) groups is 1. The molecule has 5 heteroatoms. The largest absolute Gasteiger partial charge is 0.349 e. The van der Waals surface area contributed by atoms with E-state index in [1.54, 1.807) is 6.07 Å². The Balaban J connectivity index is 1.98. The van der Waals surface area contributed by atoms with Crippen molar-refractivity contribution < 1.29 is 4.79 Å². The number of amides is 1. The molecule has 1 aliphatic carbocycles. The molecule has 3 nitrogen and oxygen atoms in total. The van der Waals surface area contributed by atoms with Gasteiger partial charge in [0, 0.05) is 12.2 Å². The summed E-state index contributed by atoms with van der Waals surface area (Å²) >= 11 is 11.6. The first-order valence-electron chi connectivity index (χ1n) is 6.22. The Bertz CT molecular complexity index is 447. The summed E-state index contributed by atoms with van der Waals surface area (Å²) in [5.74, 6) is 0.663. The standard InChI is InChI=1S/C13H16Cl2N2O/c1-2-10(5-8-3-4-8)17-13(18)9-6-11(14)12(15)16-7-9/h6-8,10H,2-5H2,1H3,(H,17,18). The zero-order chi connectivity index (χ0) is 13.1. The van der Waals surface area contributed by atoms with E-state index in [2.05, 4.69) is 17.2 Å². The zero-order valence-corrected chi connectivity index (χ0v) is 11.8. The Labute approximate surface area is 117 Å². The molecule has 0 spiro atoms. The molecule has 0 aromatic carbocycles. The van der Waals surface area contributed by atoms with Crippen LogP contribution in [0.15, 0.2) is 12.3 Å². The molecule has 0 saturated heterocycles. The summed E-state index contributed by atoms with van der Waals surface area (Å²) in [6.45, 7) is 2.08. The Morgan fingerprint density at radius 2 is 2.28 bits per heavy atom. The SMILES string of the molecule is CCC(CC1CC1)NC(=O)c1cnc(Cl)c(Cl)c1. The van der Waals surface area contributed by atoms with Gasteiger partial charge in [0.15, 0.2) is 0 Å². The topological polar surface area (TPSA) is 42.0 Å². The molecule has 1 atom stereocenters. The molecule has 1 aromatic rings. The summed E-state index contributed by atoms with van der Waals surface area (Å²) in [5.41, 5.74) is 0.457. The molecule has 0 radical (unpaired) electrons. The monoisotopic (exact) mass is 286 g/mol. The van der Waals surface area contributed by atoms with Gasteiger partial charge in [-0.15, -0.1) is 0 Å². The molecular weight excluding hydrogens is 271 g/mol. The van der Waals surface area contributed by atoms with Crippen LogP contribution >= 0.6 is 23.2 Å². The highest BCUT2D eigenvalue weighted by Crippen LogP contribution is 2.34. The van der Waals surface area contributed by atoms with Crippen LogP contribution in [0.25, 0.3) is 0 Å². The highest BCUT2D eigenvalue weighted by atomic mass is 35.5. The van der Waals surface area contributed by atoms with Crippen LogP contribution in [-0.2, 0) is 0 Å². The van der Waals surface area contributed by atoms with E-state index in [1.807, 2.05) is 0 Å². The Morgan fingerprint density at radius 3 is 2.83 bits per heavy atom. The molecule has 1 heterocycles. The maximum Gasteiger partial charge on any atom is 0.253 e. The third kappa shape index (κ3) is 3.59. The highest BCUT2D eigenvalue weighted by Gasteiger charge is 2.25. The molecule has 2 rings (SSSR count). The van der Waals surface area contributed by atoms with Crippen LogP contribution in [0.4, 0.5) is 0 Å². The molecule has 1 saturated carbocycles. The highest BCUT2D eigenvalue weighted by molar-refractivity contribution is 6.41. The summed E-state index contributed by atoms with van der Waals surface area (Å²) in [4.78, 5) is 15.9. The average molecular weight is 287 g/mol. The Kier molecular flexibility index (Phi) is 4.46. The lowest BCUT2D eigenvalue weighted by Crippen LogP contribution is -2.34. The summed E-state index contributed by atoms with van der Waals surface area (Å²) < 4.78 is 0. The minimum absolute atomic E-state index is 0.131. The van der Waals surface area contributed by atoms with Crippen LogP contribution < -0.4 is 5.32 Å². The summed E-state index contributed by atoms with van der Waals surface area (Å²) in [6, 6.07) is 1.79. The third-order valence-electron chi connectivity index (χ3n) is 3.20. The molecule has 1 aliphatic rings. The lowest BCUT2D eigenvalue weighted by atomic mass is 10.1. The maximum absolute atomic E-state index is 12.0. The van der Waals surface area contributed by atoms with Gasteiger partial charge in [0.2, 0.25) is 0 Å². The molecule has 1 unspecified atom stereocenters. The van der Waals surface area contributed by atoms with Crippen LogP contribution in [0.2, 0.25) is 10.2 Å². The van der Waals surface area contributed by atoms with Gasteiger partial charge >= 0.3 is 0 Å². The normalized spacial score (nSPS) is 16.4. The molecule has 18 heavy (non-hydrogen) atoms. The molecule has 0 bridgehead atoms. The molecule has 1 N–H and O–H groups in total. The number of hydrogen-bond acceptors (Lipinski definition) is 2. The first-order chi connectivity index (χ1) is 8.60. The van der Waals surface area contributed by atoms with E-state index in [-0.39, 0.29) is 17.1 Å². The zero-order valence-electron chi connectivity index (χ0n) is 10.2. The van der Waals surface area contributed by atoms with Gasteiger partial charge in [-0.1, -0.05) is 43.0 Å². The molecular formula is C13H16Cl2N2O. The second-order valence-corrected chi connectivity index (χ2v) is 5.52. The quantitative estimate of drug-likeness (QED) is 0.839. The number of nitrogens with zero attached hydrogens (tertiary/aromatic N) is 1. The summed E-state index contributed by atoms with van der Waals surface area (Å²) in [7, 11) is 0. The predicted molar refractivity (Wildman–Crippen MR) is 73.1 cm³/mol. The van der Waals surface area contributed by atoms with Gasteiger partial charge in [-0.3, -0.25) is 4.79 Å². The van der Waals surface area contributed by atoms with E-state index < -0.39 is 0 Å². The van der Waals surface area contributed by atoms with Crippen LogP contribution in [0.5, 0.6) is 0 Å². The van der Waals surface area contributed by atoms with Gasteiger partial charge in [0.1, 0.15) is 5.15 Å². The predicted octanol–water partition coefficient (Wildman–Crippen LogP) is 3.70. The smallest absolute Gasteiger partial charge is 0.253 e. The molecule has 98 valence electrons. The van der Waals surface area contributed by atoms with E-state index in [1.165, 1.54) is 19.0 Å². The Hall–Kier alpha value is -0.800. The van der Waals surface area contributed by atoms with Crippen molar-refractivity contribution in [2.45, 2.75) is 38.6 Å². The lowest BCUT2D eigenvalue weighted by molar-refractivity contribution is 0.0932. The maximum atomic E-state index is 12.0.